The van der Waals surface area contributed by atoms with Crippen molar-refractivity contribution in [3.63, 3.8) is 0 Å². The smallest absolute Gasteiger partial charge is 0.0923 e. The summed E-state index contributed by atoms with van der Waals surface area (Å²) in [5, 5.41) is 5.62. The Morgan fingerprint density at radius 3 is 3.18 bits per heavy atom. The zero-order valence-electron chi connectivity index (χ0n) is 5.83. The van der Waals surface area contributed by atoms with Gasteiger partial charge in [0.15, 0.2) is 0 Å². The third-order valence-corrected chi connectivity index (χ3v) is 1.99. The molecular weight excluding hydrogens is 136 g/mol. The lowest BCUT2D eigenvalue weighted by Crippen LogP contribution is -2.15. The van der Waals surface area contributed by atoms with Gasteiger partial charge in [0.1, 0.15) is 0 Å². The van der Waals surface area contributed by atoms with Gasteiger partial charge in [-0.3, -0.25) is 0 Å². The Hall–Kier alpha value is -1.57. The summed E-state index contributed by atoms with van der Waals surface area (Å²) in [6.07, 6.45) is 5.74. The maximum Gasteiger partial charge on any atom is 0.0923 e. The summed E-state index contributed by atoms with van der Waals surface area (Å²) < 4.78 is 0. The Balaban J connectivity index is 2.43. The van der Waals surface area contributed by atoms with Crippen LogP contribution >= 0.6 is 0 Å². The van der Waals surface area contributed by atoms with Crippen LogP contribution in [0.25, 0.3) is 12.3 Å². The van der Waals surface area contributed by atoms with Crippen molar-refractivity contribution < 1.29 is 0 Å². The number of hydrogen-bond acceptors (Lipinski definition) is 2. The molecule has 2 heteroatoms. The van der Waals surface area contributed by atoms with E-state index < -0.39 is 0 Å². The molecule has 0 fully saturated rings. The van der Waals surface area contributed by atoms with Crippen molar-refractivity contribution in [3.05, 3.63) is 28.1 Å². The number of hydrogen-bond donors (Lipinski definition) is 1. The van der Waals surface area contributed by atoms with Crippen LogP contribution in [0.1, 0.15) is 5.56 Å². The average Bonchev–Trinajstić information content (AvgIpc) is 2.77. The van der Waals surface area contributed by atoms with Crippen LogP contribution in [0.15, 0.2) is 17.1 Å². The average molecular weight is 142 g/mol. The zero-order chi connectivity index (χ0) is 7.26. The van der Waals surface area contributed by atoms with Gasteiger partial charge in [0.25, 0.3) is 0 Å². The Kier molecular flexibility index (Phi) is 0.714. The molecule has 0 unspecified atom stereocenters. The van der Waals surface area contributed by atoms with E-state index in [1.165, 1.54) is 16.0 Å². The minimum Gasteiger partial charge on any atom is -0.346 e. The van der Waals surface area contributed by atoms with Crippen molar-refractivity contribution >= 4 is 24.3 Å². The maximum absolute atomic E-state index is 4.01. The van der Waals surface area contributed by atoms with Crippen molar-refractivity contribution in [2.45, 2.75) is 0 Å². The summed E-state index contributed by atoms with van der Waals surface area (Å²) in [5.41, 5.74) is 2.51. The summed E-state index contributed by atoms with van der Waals surface area (Å²) in [6, 6.07) is 4.29. The van der Waals surface area contributed by atoms with E-state index >= 15 is 0 Å². The Bertz CT molecular complexity index is 469. The molecule has 0 spiro atoms. The number of nitrogens with one attached hydrogen (secondary N) is 1. The van der Waals surface area contributed by atoms with Crippen LogP contribution < -0.4 is 15.8 Å². The number of aliphatic imine (C=N–C) groups is 1. The summed E-state index contributed by atoms with van der Waals surface area (Å²) in [5.74, 6) is 0. The number of anilines is 1. The Morgan fingerprint density at radius 2 is 2.18 bits per heavy atom. The van der Waals surface area contributed by atoms with Gasteiger partial charge >= 0.3 is 0 Å². The first kappa shape index (κ1) is 5.13. The highest BCUT2D eigenvalue weighted by molar-refractivity contribution is 5.83. The molecule has 2 nitrogen and oxygen atoms in total. The molecule has 0 atom stereocenters. The third kappa shape index (κ3) is 0.635. The number of nitrogens with zero attached hydrogens (tertiary/aromatic N) is 1. The fourth-order valence-electron chi connectivity index (χ4n) is 1.32. The Morgan fingerprint density at radius 1 is 1.18 bits per heavy atom. The van der Waals surface area contributed by atoms with E-state index in [4.69, 9.17) is 0 Å². The molecule has 0 saturated heterocycles. The van der Waals surface area contributed by atoms with Gasteiger partial charge in [0, 0.05) is 17.1 Å². The highest BCUT2D eigenvalue weighted by Crippen LogP contribution is 2.07. The summed E-state index contributed by atoms with van der Waals surface area (Å²) in [6.45, 7) is 0. The molecule has 0 bridgehead atoms. The quantitative estimate of drug-likeness (QED) is 0.551. The third-order valence-electron chi connectivity index (χ3n) is 1.99. The molecule has 0 radical (unpaired) electrons. The molecule has 2 aliphatic rings. The SMILES string of the molecule is C1=NC=c2cc3c(cc2N1)=C3. The lowest BCUT2D eigenvalue weighted by atomic mass is 10.2. The van der Waals surface area contributed by atoms with E-state index in [2.05, 4.69) is 28.5 Å². The Labute approximate surface area is 63.6 Å². The fraction of sp³-hybridized carbons (Fsp3) is 0. The number of benzene rings is 1. The second-order valence-corrected chi connectivity index (χ2v) is 2.76. The highest BCUT2D eigenvalue weighted by Gasteiger charge is 2.07. The normalized spacial score (nSPS) is 15.3. The van der Waals surface area contributed by atoms with Crippen molar-refractivity contribution in [2.24, 2.45) is 4.99 Å². The topological polar surface area (TPSA) is 24.4 Å². The molecule has 52 valence electrons. The molecule has 1 aromatic rings. The van der Waals surface area contributed by atoms with Gasteiger partial charge in [-0.05, 0) is 29.0 Å². The molecule has 1 aromatic carbocycles. The first-order valence-corrected chi connectivity index (χ1v) is 3.58. The monoisotopic (exact) mass is 142 g/mol. The molecule has 0 amide bonds. The van der Waals surface area contributed by atoms with Gasteiger partial charge in [-0.15, -0.1) is 0 Å². The van der Waals surface area contributed by atoms with Crippen LogP contribution in [0, 0.1) is 0 Å². The van der Waals surface area contributed by atoms with Crippen LogP contribution in [-0.4, -0.2) is 6.34 Å². The van der Waals surface area contributed by atoms with E-state index in [0.717, 1.165) is 5.69 Å². The van der Waals surface area contributed by atoms with Crippen LogP contribution in [0.4, 0.5) is 5.69 Å². The first-order chi connectivity index (χ1) is 5.43. The van der Waals surface area contributed by atoms with E-state index in [1.807, 2.05) is 6.20 Å². The van der Waals surface area contributed by atoms with Crippen molar-refractivity contribution in [3.8, 4) is 0 Å². The van der Waals surface area contributed by atoms with Gasteiger partial charge in [-0.1, -0.05) is 0 Å². The van der Waals surface area contributed by atoms with Crippen molar-refractivity contribution in [1.82, 2.24) is 0 Å². The van der Waals surface area contributed by atoms with Crippen LogP contribution in [-0.2, 0) is 0 Å². The van der Waals surface area contributed by atoms with Crippen molar-refractivity contribution in [2.75, 3.05) is 5.32 Å². The summed E-state index contributed by atoms with van der Waals surface area (Å²) in [4.78, 5) is 4.01. The molecule has 11 heavy (non-hydrogen) atoms. The van der Waals surface area contributed by atoms with Crippen molar-refractivity contribution in [1.29, 1.82) is 0 Å². The molecule has 1 aliphatic carbocycles. The lowest BCUT2D eigenvalue weighted by molar-refractivity contribution is 1.49. The maximum atomic E-state index is 4.01. The molecule has 1 aliphatic heterocycles. The van der Waals surface area contributed by atoms with Crippen LogP contribution in [0.3, 0.4) is 0 Å². The minimum atomic E-state index is 1.16. The minimum absolute atomic E-state index is 1.16. The van der Waals surface area contributed by atoms with Gasteiger partial charge in [0.2, 0.25) is 0 Å². The second-order valence-electron chi connectivity index (χ2n) is 2.76. The number of fused-ring (bicyclic) bond motifs is 2. The largest absolute Gasteiger partial charge is 0.346 e. The molecule has 0 aromatic heterocycles. The molecule has 1 N–H and O–H groups in total. The summed E-state index contributed by atoms with van der Waals surface area (Å²) in [7, 11) is 0. The van der Waals surface area contributed by atoms with E-state index in [-0.39, 0.29) is 0 Å². The van der Waals surface area contributed by atoms with Gasteiger partial charge in [-0.25, -0.2) is 4.99 Å². The van der Waals surface area contributed by atoms with Crippen LogP contribution in [0.2, 0.25) is 0 Å². The van der Waals surface area contributed by atoms with Gasteiger partial charge in [-0.2, -0.15) is 0 Å². The van der Waals surface area contributed by atoms with E-state index in [0.29, 0.717) is 0 Å². The van der Waals surface area contributed by atoms with E-state index in [1.54, 1.807) is 6.34 Å². The lowest BCUT2D eigenvalue weighted by Gasteiger charge is -2.02. The second kappa shape index (κ2) is 1.53. The predicted octanol–water partition coefficient (Wildman–Crippen LogP) is 0.0206. The van der Waals surface area contributed by atoms with Gasteiger partial charge < -0.3 is 5.32 Å². The molecule has 3 rings (SSSR count). The van der Waals surface area contributed by atoms with E-state index in [9.17, 15) is 0 Å². The first-order valence-electron chi connectivity index (χ1n) is 3.58. The molecular formula is C9H6N2. The zero-order valence-corrected chi connectivity index (χ0v) is 5.83. The fourth-order valence-corrected chi connectivity index (χ4v) is 1.32. The summed E-state index contributed by atoms with van der Waals surface area (Å²) >= 11 is 0. The predicted molar refractivity (Wildman–Crippen MR) is 45.8 cm³/mol. The highest BCUT2D eigenvalue weighted by atomic mass is 15.0. The molecule has 0 saturated carbocycles. The number of rotatable bonds is 0. The standard InChI is InChI=1S/C9H6N2/c1-6-2-8-4-10-5-11-9(8)3-7(1)6/h1-5H,(H,10,11). The molecule has 1 heterocycles. The van der Waals surface area contributed by atoms with Crippen LogP contribution in [0.5, 0.6) is 0 Å². The van der Waals surface area contributed by atoms with Gasteiger partial charge in [0.05, 0.1) is 6.34 Å².